The molecule has 1 saturated heterocycles. The number of hydrogen-bond donors (Lipinski definition) is 0. The molecule has 0 aliphatic carbocycles. The molecule has 0 aromatic heterocycles. The largest absolute Gasteiger partial charge is 0.450 e. The van der Waals surface area contributed by atoms with E-state index in [-0.39, 0.29) is 12.4 Å². The molecular weight excluding hydrogens is 308 g/mol. The van der Waals surface area contributed by atoms with Gasteiger partial charge in [-0.2, -0.15) is 0 Å². The number of rotatable bonds is 2. The van der Waals surface area contributed by atoms with Gasteiger partial charge in [0.1, 0.15) is 5.60 Å². The third-order valence-electron chi connectivity index (χ3n) is 4.05. The third-order valence-corrected chi connectivity index (χ3v) is 4.05. The number of piperazine rings is 1. The lowest BCUT2D eigenvalue weighted by Gasteiger charge is -2.36. The number of ether oxygens (including phenoxy) is 3. The molecule has 0 bridgehead atoms. The number of carbonyl (C=O) groups is 1. The third kappa shape index (κ3) is 4.12. The zero-order valence-corrected chi connectivity index (χ0v) is 14.9. The summed E-state index contributed by atoms with van der Waals surface area (Å²) in [5.41, 5.74) is 0.702. The molecule has 0 N–H and O–H groups in total. The fourth-order valence-corrected chi connectivity index (χ4v) is 2.84. The minimum Gasteiger partial charge on any atom is -0.450 e. The van der Waals surface area contributed by atoms with E-state index in [4.69, 9.17) is 14.2 Å². The van der Waals surface area contributed by atoms with Gasteiger partial charge in [0.15, 0.2) is 11.5 Å². The van der Waals surface area contributed by atoms with E-state index in [1.807, 2.05) is 45.9 Å². The smallest absolute Gasteiger partial charge is 0.410 e. The van der Waals surface area contributed by atoms with Gasteiger partial charge in [0.25, 0.3) is 6.29 Å². The van der Waals surface area contributed by atoms with Crippen LogP contribution >= 0.6 is 0 Å². The van der Waals surface area contributed by atoms with Gasteiger partial charge < -0.3 is 19.1 Å². The van der Waals surface area contributed by atoms with Crippen molar-refractivity contribution in [2.24, 2.45) is 0 Å². The van der Waals surface area contributed by atoms with E-state index in [1.165, 1.54) is 0 Å². The molecule has 3 rings (SSSR count). The summed E-state index contributed by atoms with van der Waals surface area (Å²) < 4.78 is 17.1. The van der Waals surface area contributed by atoms with Crippen LogP contribution in [-0.2, 0) is 4.74 Å². The molecule has 1 aromatic carbocycles. The number of nitrogens with zero attached hydrogens (tertiary/aromatic N) is 2. The van der Waals surface area contributed by atoms with Gasteiger partial charge in [0.05, 0.1) is 6.54 Å². The molecule has 1 fully saturated rings. The van der Waals surface area contributed by atoms with Gasteiger partial charge in [0, 0.05) is 26.2 Å². The van der Waals surface area contributed by atoms with Crippen molar-refractivity contribution in [2.45, 2.75) is 39.6 Å². The van der Waals surface area contributed by atoms with Crippen molar-refractivity contribution >= 4 is 6.09 Å². The lowest BCUT2D eigenvalue weighted by molar-refractivity contribution is -0.00931. The molecule has 0 saturated carbocycles. The second-order valence-corrected chi connectivity index (χ2v) is 7.38. The van der Waals surface area contributed by atoms with Gasteiger partial charge >= 0.3 is 6.09 Å². The molecular formula is C18H26N2O4. The summed E-state index contributed by atoms with van der Waals surface area (Å²) in [4.78, 5) is 16.1. The minimum atomic E-state index is -0.455. The van der Waals surface area contributed by atoms with Crippen LogP contribution in [0.25, 0.3) is 0 Å². The zero-order chi connectivity index (χ0) is 17.3. The normalized spacial score (nSPS) is 21.0. The van der Waals surface area contributed by atoms with Crippen LogP contribution in [0.1, 0.15) is 26.3 Å². The van der Waals surface area contributed by atoms with Gasteiger partial charge in [-0.1, -0.05) is 6.07 Å². The van der Waals surface area contributed by atoms with E-state index < -0.39 is 5.60 Å². The molecule has 24 heavy (non-hydrogen) atoms. The average Bonchev–Trinajstić information content (AvgIpc) is 2.87. The first kappa shape index (κ1) is 16.9. The molecule has 1 atom stereocenters. The highest BCUT2D eigenvalue weighted by atomic mass is 16.7. The van der Waals surface area contributed by atoms with E-state index in [0.29, 0.717) is 19.6 Å². The molecule has 0 radical (unpaired) electrons. The van der Waals surface area contributed by atoms with Crippen molar-refractivity contribution in [2.75, 3.05) is 32.7 Å². The van der Waals surface area contributed by atoms with E-state index in [9.17, 15) is 4.79 Å². The minimum absolute atomic E-state index is 0.238. The summed E-state index contributed by atoms with van der Waals surface area (Å²) in [6.07, 6.45) is -0.520. The molecule has 0 spiro atoms. The first-order valence-corrected chi connectivity index (χ1v) is 8.44. The summed E-state index contributed by atoms with van der Waals surface area (Å²) in [5.74, 6) is 1.62. The highest BCUT2D eigenvalue weighted by Gasteiger charge is 2.30. The Morgan fingerprint density at radius 1 is 1.17 bits per heavy atom. The topological polar surface area (TPSA) is 51.2 Å². The Bertz CT molecular complexity index is 604. The van der Waals surface area contributed by atoms with Crippen LogP contribution in [0.3, 0.4) is 0 Å². The molecule has 1 unspecified atom stereocenters. The fraction of sp³-hybridized carbons (Fsp3) is 0.611. The predicted molar refractivity (Wildman–Crippen MR) is 90.5 cm³/mol. The molecule has 1 amide bonds. The van der Waals surface area contributed by atoms with Crippen LogP contribution in [0.5, 0.6) is 11.5 Å². The first-order valence-electron chi connectivity index (χ1n) is 8.44. The first-order chi connectivity index (χ1) is 11.3. The van der Waals surface area contributed by atoms with Crippen LogP contribution in [0.2, 0.25) is 0 Å². The number of aryl methyl sites for hydroxylation is 1. The fourth-order valence-electron chi connectivity index (χ4n) is 2.84. The Labute approximate surface area is 143 Å². The Kier molecular flexibility index (Phi) is 4.58. The van der Waals surface area contributed by atoms with Crippen molar-refractivity contribution in [3.63, 3.8) is 0 Å². The van der Waals surface area contributed by atoms with Crippen molar-refractivity contribution in [1.82, 2.24) is 9.80 Å². The highest BCUT2D eigenvalue weighted by molar-refractivity contribution is 5.68. The Morgan fingerprint density at radius 2 is 1.83 bits per heavy atom. The number of hydrogen-bond acceptors (Lipinski definition) is 5. The van der Waals surface area contributed by atoms with Gasteiger partial charge in [-0.25, -0.2) is 4.79 Å². The summed E-state index contributed by atoms with van der Waals surface area (Å²) in [7, 11) is 0. The monoisotopic (exact) mass is 334 g/mol. The number of fused-ring (bicyclic) bond motifs is 1. The Balaban J connectivity index is 1.46. The van der Waals surface area contributed by atoms with Crippen molar-refractivity contribution < 1.29 is 19.0 Å². The van der Waals surface area contributed by atoms with Crippen LogP contribution in [0.15, 0.2) is 18.2 Å². The molecule has 2 heterocycles. The Hall–Kier alpha value is -1.95. The van der Waals surface area contributed by atoms with Gasteiger partial charge in [-0.05, 0) is 45.4 Å². The maximum absolute atomic E-state index is 12.1. The van der Waals surface area contributed by atoms with Crippen LogP contribution < -0.4 is 9.47 Å². The lowest BCUT2D eigenvalue weighted by Crippen LogP contribution is -2.52. The van der Waals surface area contributed by atoms with E-state index in [2.05, 4.69) is 4.90 Å². The van der Waals surface area contributed by atoms with Crippen molar-refractivity contribution in [3.05, 3.63) is 23.8 Å². The van der Waals surface area contributed by atoms with Crippen LogP contribution in [-0.4, -0.2) is 60.5 Å². The van der Waals surface area contributed by atoms with E-state index in [0.717, 1.165) is 30.2 Å². The van der Waals surface area contributed by atoms with Gasteiger partial charge in [-0.3, -0.25) is 4.90 Å². The summed E-state index contributed by atoms with van der Waals surface area (Å²) in [6, 6.07) is 5.96. The molecule has 2 aliphatic rings. The Morgan fingerprint density at radius 3 is 2.50 bits per heavy atom. The summed E-state index contributed by atoms with van der Waals surface area (Å²) >= 11 is 0. The molecule has 6 heteroatoms. The molecule has 6 nitrogen and oxygen atoms in total. The quantitative estimate of drug-likeness (QED) is 0.832. The summed E-state index contributed by atoms with van der Waals surface area (Å²) in [6.45, 7) is 11.3. The summed E-state index contributed by atoms with van der Waals surface area (Å²) in [5, 5.41) is 0. The molecule has 132 valence electrons. The predicted octanol–water partition coefficient (Wildman–Crippen LogP) is 2.65. The second kappa shape index (κ2) is 6.51. The van der Waals surface area contributed by atoms with E-state index in [1.54, 1.807) is 4.90 Å². The van der Waals surface area contributed by atoms with E-state index >= 15 is 0 Å². The van der Waals surface area contributed by atoms with Crippen molar-refractivity contribution in [3.8, 4) is 11.5 Å². The lowest BCUT2D eigenvalue weighted by atomic mass is 10.2. The van der Waals surface area contributed by atoms with Crippen LogP contribution in [0, 0.1) is 6.92 Å². The SMILES string of the molecule is Cc1ccc2c(c1)OC(CN1CCN(C(=O)OC(C)(C)C)CC1)O2. The zero-order valence-electron chi connectivity index (χ0n) is 14.9. The second-order valence-electron chi connectivity index (χ2n) is 7.38. The maximum atomic E-state index is 12.1. The standard InChI is InChI=1S/C18H26N2O4/c1-13-5-6-14-15(11-13)23-16(22-14)12-19-7-9-20(10-8-19)17(21)24-18(2,3)4/h5-6,11,16H,7-10,12H2,1-4H3. The molecule has 1 aromatic rings. The van der Waals surface area contributed by atoms with Crippen LogP contribution in [0.4, 0.5) is 4.79 Å². The number of amides is 1. The number of benzene rings is 1. The van der Waals surface area contributed by atoms with Gasteiger partial charge in [-0.15, -0.1) is 0 Å². The maximum Gasteiger partial charge on any atom is 0.410 e. The number of carbonyl (C=O) groups excluding carboxylic acids is 1. The van der Waals surface area contributed by atoms with Crippen molar-refractivity contribution in [1.29, 1.82) is 0 Å². The van der Waals surface area contributed by atoms with Gasteiger partial charge in [0.2, 0.25) is 0 Å². The highest BCUT2D eigenvalue weighted by Crippen LogP contribution is 2.35. The molecule has 2 aliphatic heterocycles. The average molecular weight is 334 g/mol.